The molecule has 19 heavy (non-hydrogen) atoms. The predicted octanol–water partition coefficient (Wildman–Crippen LogP) is 3.84. The van der Waals surface area contributed by atoms with E-state index in [4.69, 9.17) is 5.73 Å². The maximum absolute atomic E-state index is 13.9. The number of hydrogen-bond donors (Lipinski definition) is 1. The van der Waals surface area contributed by atoms with Crippen molar-refractivity contribution in [2.24, 2.45) is 0 Å². The number of nitrogen functional groups attached to an aromatic ring is 1. The zero-order chi connectivity index (χ0) is 14.0. The number of nitrogens with zero attached hydrogens (tertiary/aromatic N) is 1. The van der Waals surface area contributed by atoms with Crippen molar-refractivity contribution in [1.82, 2.24) is 0 Å². The summed E-state index contributed by atoms with van der Waals surface area (Å²) < 4.78 is 40.6. The van der Waals surface area contributed by atoms with Crippen LogP contribution in [0, 0.1) is 17.5 Å². The highest BCUT2D eigenvalue weighted by molar-refractivity contribution is 5.66. The zero-order valence-electron chi connectivity index (χ0n) is 10.3. The first kappa shape index (κ1) is 13.3. The highest BCUT2D eigenvalue weighted by atomic mass is 19.1. The summed E-state index contributed by atoms with van der Waals surface area (Å²) in [6.07, 6.45) is 0. The van der Waals surface area contributed by atoms with Gasteiger partial charge in [-0.25, -0.2) is 13.2 Å². The van der Waals surface area contributed by atoms with Crippen LogP contribution in [0.15, 0.2) is 36.4 Å². The van der Waals surface area contributed by atoms with Crippen molar-refractivity contribution >= 4 is 17.1 Å². The normalized spacial score (nSPS) is 10.5. The smallest absolute Gasteiger partial charge is 0.151 e. The summed E-state index contributed by atoms with van der Waals surface area (Å²) in [6.45, 7) is 2.09. The molecular weight excluding hydrogens is 253 g/mol. The van der Waals surface area contributed by atoms with Gasteiger partial charge in [-0.1, -0.05) is 0 Å². The molecule has 0 amide bonds. The first-order valence-corrected chi connectivity index (χ1v) is 5.80. The number of benzene rings is 2. The van der Waals surface area contributed by atoms with Crippen LogP contribution in [0.2, 0.25) is 0 Å². The van der Waals surface area contributed by atoms with E-state index in [1.807, 2.05) is 0 Å². The fraction of sp³-hybridized carbons (Fsp3) is 0.143. The molecule has 0 unspecified atom stereocenters. The van der Waals surface area contributed by atoms with Gasteiger partial charge in [0.1, 0.15) is 11.5 Å². The first-order valence-electron chi connectivity index (χ1n) is 5.80. The fourth-order valence-electron chi connectivity index (χ4n) is 1.93. The Labute approximate surface area is 109 Å². The van der Waals surface area contributed by atoms with Crippen LogP contribution >= 0.6 is 0 Å². The molecule has 0 heterocycles. The summed E-state index contributed by atoms with van der Waals surface area (Å²) in [4.78, 5) is 1.42. The molecule has 2 nitrogen and oxygen atoms in total. The predicted molar refractivity (Wildman–Crippen MR) is 69.9 cm³/mol. The van der Waals surface area contributed by atoms with Crippen molar-refractivity contribution < 1.29 is 13.2 Å². The Bertz CT molecular complexity index is 559. The molecule has 0 saturated heterocycles. The summed E-state index contributed by atoms with van der Waals surface area (Å²) in [5.41, 5.74) is 5.72. The van der Waals surface area contributed by atoms with Gasteiger partial charge in [0, 0.05) is 17.9 Å². The number of hydrogen-bond acceptors (Lipinski definition) is 2. The Kier molecular flexibility index (Phi) is 3.64. The lowest BCUT2D eigenvalue weighted by Gasteiger charge is -2.24. The van der Waals surface area contributed by atoms with Crippen molar-refractivity contribution in [3.63, 3.8) is 0 Å². The Hall–Kier alpha value is -2.17. The van der Waals surface area contributed by atoms with E-state index in [1.165, 1.54) is 29.2 Å². The molecule has 0 radical (unpaired) electrons. The van der Waals surface area contributed by atoms with Crippen LogP contribution in [0.5, 0.6) is 0 Å². The minimum absolute atomic E-state index is 0.0221. The third kappa shape index (κ3) is 2.65. The maximum Gasteiger partial charge on any atom is 0.151 e. The minimum atomic E-state index is -0.747. The van der Waals surface area contributed by atoms with Crippen molar-refractivity contribution in [3.8, 4) is 0 Å². The Balaban J connectivity index is 2.51. The van der Waals surface area contributed by atoms with Gasteiger partial charge in [-0.3, -0.25) is 0 Å². The summed E-state index contributed by atoms with van der Waals surface area (Å²) in [5.74, 6) is -1.90. The third-order valence-corrected chi connectivity index (χ3v) is 2.76. The van der Waals surface area contributed by atoms with Gasteiger partial charge in [-0.15, -0.1) is 0 Å². The largest absolute Gasteiger partial charge is 0.399 e. The lowest BCUT2D eigenvalue weighted by atomic mass is 10.2. The van der Waals surface area contributed by atoms with Crippen molar-refractivity contribution in [1.29, 1.82) is 0 Å². The van der Waals surface area contributed by atoms with Crippen LogP contribution in [0.25, 0.3) is 0 Å². The highest BCUT2D eigenvalue weighted by Crippen LogP contribution is 2.31. The minimum Gasteiger partial charge on any atom is -0.399 e. The van der Waals surface area contributed by atoms with Crippen molar-refractivity contribution in [2.45, 2.75) is 6.92 Å². The van der Waals surface area contributed by atoms with E-state index in [9.17, 15) is 13.2 Å². The van der Waals surface area contributed by atoms with Gasteiger partial charge in [-0.2, -0.15) is 0 Å². The molecule has 0 aromatic heterocycles. The summed E-state index contributed by atoms with van der Waals surface area (Å²) >= 11 is 0. The van der Waals surface area contributed by atoms with Crippen LogP contribution in [-0.4, -0.2) is 6.54 Å². The van der Waals surface area contributed by atoms with Gasteiger partial charge in [0.2, 0.25) is 0 Å². The van der Waals surface area contributed by atoms with Crippen LogP contribution in [-0.2, 0) is 0 Å². The molecule has 0 bridgehead atoms. The second-order valence-corrected chi connectivity index (χ2v) is 4.05. The molecule has 0 saturated carbocycles. The van der Waals surface area contributed by atoms with Crippen LogP contribution in [0.4, 0.5) is 30.2 Å². The van der Waals surface area contributed by atoms with E-state index >= 15 is 0 Å². The molecule has 0 aliphatic rings. The summed E-state index contributed by atoms with van der Waals surface area (Å²) in [5, 5.41) is 0. The standard InChI is InChI=1S/C14H13F3N2/c1-2-19(11-5-3-9(15)4-6-11)14-12(16)7-10(18)8-13(14)17/h3-8H,2,18H2,1H3. The molecule has 100 valence electrons. The van der Waals surface area contributed by atoms with Gasteiger partial charge >= 0.3 is 0 Å². The molecule has 0 aliphatic heterocycles. The Morgan fingerprint density at radius 2 is 1.53 bits per heavy atom. The lowest BCUT2D eigenvalue weighted by Crippen LogP contribution is -2.19. The summed E-state index contributed by atoms with van der Waals surface area (Å²) in [6, 6.07) is 7.54. The fourth-order valence-corrected chi connectivity index (χ4v) is 1.93. The quantitative estimate of drug-likeness (QED) is 0.855. The van der Waals surface area contributed by atoms with Crippen LogP contribution in [0.1, 0.15) is 6.92 Å². The van der Waals surface area contributed by atoms with E-state index < -0.39 is 17.5 Å². The number of anilines is 3. The molecule has 0 aliphatic carbocycles. The molecule has 0 atom stereocenters. The van der Waals surface area contributed by atoms with Crippen molar-refractivity contribution in [2.75, 3.05) is 17.2 Å². The average molecular weight is 266 g/mol. The number of rotatable bonds is 3. The Morgan fingerprint density at radius 3 is 2.00 bits per heavy atom. The maximum atomic E-state index is 13.9. The molecule has 2 aromatic rings. The number of nitrogens with two attached hydrogens (primary N) is 1. The van der Waals surface area contributed by atoms with Gasteiger partial charge in [0.05, 0.1) is 0 Å². The lowest BCUT2D eigenvalue weighted by molar-refractivity contribution is 0.582. The molecule has 0 fully saturated rings. The number of halogens is 3. The molecule has 2 N–H and O–H groups in total. The van der Waals surface area contributed by atoms with Gasteiger partial charge in [0.25, 0.3) is 0 Å². The van der Waals surface area contributed by atoms with Crippen LogP contribution < -0.4 is 10.6 Å². The van der Waals surface area contributed by atoms with E-state index in [0.29, 0.717) is 12.2 Å². The van der Waals surface area contributed by atoms with Gasteiger partial charge in [0.15, 0.2) is 11.6 Å². The third-order valence-electron chi connectivity index (χ3n) is 2.76. The topological polar surface area (TPSA) is 29.3 Å². The second-order valence-electron chi connectivity index (χ2n) is 4.05. The molecule has 2 aromatic carbocycles. The second kappa shape index (κ2) is 5.22. The van der Waals surface area contributed by atoms with Gasteiger partial charge < -0.3 is 10.6 Å². The Morgan fingerprint density at radius 1 is 1.00 bits per heavy atom. The van der Waals surface area contributed by atoms with Crippen LogP contribution in [0.3, 0.4) is 0 Å². The van der Waals surface area contributed by atoms with Gasteiger partial charge in [-0.05, 0) is 43.3 Å². The molecule has 2 rings (SSSR count). The first-order chi connectivity index (χ1) is 9.02. The SMILES string of the molecule is CCN(c1ccc(F)cc1)c1c(F)cc(N)cc1F. The van der Waals surface area contributed by atoms with E-state index in [-0.39, 0.29) is 11.4 Å². The zero-order valence-corrected chi connectivity index (χ0v) is 10.3. The van der Waals surface area contributed by atoms with E-state index in [0.717, 1.165) is 12.1 Å². The molecule has 5 heteroatoms. The monoisotopic (exact) mass is 266 g/mol. The van der Waals surface area contributed by atoms with E-state index in [1.54, 1.807) is 6.92 Å². The van der Waals surface area contributed by atoms with E-state index in [2.05, 4.69) is 0 Å². The van der Waals surface area contributed by atoms with Crippen molar-refractivity contribution in [3.05, 3.63) is 53.8 Å². The highest BCUT2D eigenvalue weighted by Gasteiger charge is 2.18. The molecular formula is C14H13F3N2. The summed E-state index contributed by atoms with van der Waals surface area (Å²) in [7, 11) is 0. The molecule has 0 spiro atoms. The average Bonchev–Trinajstić information content (AvgIpc) is 2.35.